The van der Waals surface area contributed by atoms with Gasteiger partial charge in [-0.1, -0.05) is 12.1 Å². The number of Topliss-reactive ketones (excluding diaryl/α,β-unsaturated/α-hetero) is 2. The van der Waals surface area contributed by atoms with Crippen LogP contribution in [0.3, 0.4) is 0 Å². The van der Waals surface area contributed by atoms with Gasteiger partial charge in [0.2, 0.25) is 0 Å². The Morgan fingerprint density at radius 3 is 2.04 bits per heavy atom. The molecule has 2 N–H and O–H groups in total. The highest BCUT2D eigenvalue weighted by Crippen LogP contribution is 2.17. The molecule has 0 aliphatic heterocycles. The lowest BCUT2D eigenvalue weighted by Gasteiger charge is -2.08. The smallest absolute Gasteiger partial charge is 0.257 e. The number of carbonyl (C=O) groups is 3. The molecule has 0 saturated carbocycles. The molecule has 0 fully saturated rings. The van der Waals surface area contributed by atoms with Crippen LogP contribution in [0.5, 0.6) is 0 Å². The van der Waals surface area contributed by atoms with Crippen molar-refractivity contribution in [1.29, 1.82) is 0 Å². The molecule has 3 rings (SSSR count). The van der Waals surface area contributed by atoms with Crippen molar-refractivity contribution in [2.45, 2.75) is 13.8 Å². The fourth-order valence-corrected chi connectivity index (χ4v) is 2.56. The van der Waals surface area contributed by atoms with Crippen molar-refractivity contribution in [3.63, 3.8) is 0 Å². The summed E-state index contributed by atoms with van der Waals surface area (Å²) in [6, 6.07) is 17.2. The highest BCUT2D eigenvalue weighted by Gasteiger charge is 2.08. The maximum absolute atomic E-state index is 12.3. The lowest BCUT2D eigenvalue weighted by molar-refractivity contribution is 0.100. The number of benzene rings is 2. The average Bonchev–Trinajstić information content (AvgIpc) is 2.69. The van der Waals surface area contributed by atoms with Gasteiger partial charge in [-0.2, -0.15) is 0 Å². The summed E-state index contributed by atoms with van der Waals surface area (Å²) in [7, 11) is 0. The highest BCUT2D eigenvalue weighted by atomic mass is 16.1. The van der Waals surface area contributed by atoms with Gasteiger partial charge in [0.1, 0.15) is 5.82 Å². The molecule has 140 valence electrons. The summed E-state index contributed by atoms with van der Waals surface area (Å²) in [6.07, 6.45) is 1.47. The predicted molar refractivity (Wildman–Crippen MR) is 108 cm³/mol. The molecule has 2 aromatic carbocycles. The molecule has 0 spiro atoms. The van der Waals surface area contributed by atoms with Crippen molar-refractivity contribution in [3.05, 3.63) is 83.6 Å². The Kier molecular flexibility index (Phi) is 5.60. The minimum absolute atomic E-state index is 0.0139. The van der Waals surface area contributed by atoms with Crippen molar-refractivity contribution in [2.24, 2.45) is 0 Å². The van der Waals surface area contributed by atoms with Gasteiger partial charge in [0.15, 0.2) is 11.6 Å². The third-order valence-corrected chi connectivity index (χ3v) is 4.12. The SMILES string of the molecule is CC(=O)c1ccc(NC(=O)c2ccc(Nc3cccc(C(C)=O)c3)nc2)cc1. The molecule has 0 atom stereocenters. The van der Waals surface area contributed by atoms with Crippen molar-refractivity contribution >= 4 is 34.7 Å². The van der Waals surface area contributed by atoms with Gasteiger partial charge in [-0.15, -0.1) is 0 Å². The molecule has 0 aliphatic carbocycles. The molecule has 6 nitrogen and oxygen atoms in total. The first-order valence-corrected chi connectivity index (χ1v) is 8.69. The minimum Gasteiger partial charge on any atom is -0.340 e. The van der Waals surface area contributed by atoms with E-state index in [0.29, 0.717) is 28.2 Å². The first-order valence-electron chi connectivity index (χ1n) is 8.69. The molecule has 1 heterocycles. The number of amides is 1. The number of ketones is 2. The van der Waals surface area contributed by atoms with Crippen LogP contribution in [0, 0.1) is 0 Å². The normalized spacial score (nSPS) is 10.2. The van der Waals surface area contributed by atoms with Crippen molar-refractivity contribution in [1.82, 2.24) is 4.98 Å². The zero-order valence-corrected chi connectivity index (χ0v) is 15.5. The number of hydrogen-bond acceptors (Lipinski definition) is 5. The second kappa shape index (κ2) is 8.26. The summed E-state index contributed by atoms with van der Waals surface area (Å²) in [5.41, 5.74) is 2.93. The van der Waals surface area contributed by atoms with Crippen LogP contribution in [0.25, 0.3) is 0 Å². The van der Waals surface area contributed by atoms with Crippen LogP contribution in [-0.4, -0.2) is 22.5 Å². The number of anilines is 3. The molecule has 0 saturated heterocycles. The Bertz CT molecular complexity index is 1030. The number of hydrogen-bond donors (Lipinski definition) is 2. The summed E-state index contributed by atoms with van der Waals surface area (Å²) in [6.45, 7) is 3.00. The van der Waals surface area contributed by atoms with Crippen LogP contribution in [0.1, 0.15) is 44.9 Å². The Labute approximate surface area is 162 Å². The molecule has 6 heteroatoms. The number of aromatic nitrogens is 1. The van der Waals surface area contributed by atoms with Crippen molar-refractivity contribution in [3.8, 4) is 0 Å². The molecule has 3 aromatic rings. The lowest BCUT2D eigenvalue weighted by Crippen LogP contribution is -2.12. The summed E-state index contributed by atoms with van der Waals surface area (Å²) >= 11 is 0. The van der Waals surface area contributed by atoms with Gasteiger partial charge < -0.3 is 10.6 Å². The van der Waals surface area contributed by atoms with Gasteiger partial charge in [0.05, 0.1) is 5.56 Å². The molecule has 0 unspecified atom stereocenters. The topological polar surface area (TPSA) is 88.2 Å². The molecular weight excluding hydrogens is 354 g/mol. The second-order valence-corrected chi connectivity index (χ2v) is 6.28. The Balaban J connectivity index is 1.66. The molecule has 0 aliphatic rings. The van der Waals surface area contributed by atoms with Gasteiger partial charge >= 0.3 is 0 Å². The zero-order valence-electron chi connectivity index (χ0n) is 15.5. The first-order chi connectivity index (χ1) is 13.4. The van der Waals surface area contributed by atoms with Gasteiger partial charge in [0, 0.05) is 28.7 Å². The molecule has 0 radical (unpaired) electrons. The zero-order chi connectivity index (χ0) is 20.1. The number of pyridine rings is 1. The Morgan fingerprint density at radius 2 is 1.43 bits per heavy atom. The quantitative estimate of drug-likeness (QED) is 0.622. The highest BCUT2D eigenvalue weighted by molar-refractivity contribution is 6.04. The van der Waals surface area contributed by atoms with E-state index in [0.717, 1.165) is 5.69 Å². The van der Waals surface area contributed by atoms with Crippen molar-refractivity contribution in [2.75, 3.05) is 10.6 Å². The first kappa shape index (κ1) is 19.0. The standard InChI is InChI=1S/C22H19N3O3/c1-14(26)16-6-9-19(10-7-16)25-22(28)18-8-11-21(23-13-18)24-20-5-3-4-17(12-20)15(2)27/h3-13H,1-2H3,(H,23,24)(H,25,28). The van der Waals surface area contributed by atoms with Gasteiger partial charge in [-0.25, -0.2) is 4.98 Å². The predicted octanol–water partition coefficient (Wildman–Crippen LogP) is 4.48. The van der Waals surface area contributed by atoms with E-state index in [1.807, 2.05) is 6.07 Å². The third-order valence-electron chi connectivity index (χ3n) is 4.12. The van der Waals surface area contributed by atoms with E-state index >= 15 is 0 Å². The van der Waals surface area contributed by atoms with E-state index in [2.05, 4.69) is 15.6 Å². The number of nitrogens with one attached hydrogen (secondary N) is 2. The fraction of sp³-hybridized carbons (Fsp3) is 0.0909. The largest absolute Gasteiger partial charge is 0.340 e. The van der Waals surface area contributed by atoms with Crippen LogP contribution in [0.4, 0.5) is 17.2 Å². The second-order valence-electron chi connectivity index (χ2n) is 6.28. The molecule has 1 amide bonds. The Morgan fingerprint density at radius 1 is 0.750 bits per heavy atom. The van der Waals surface area contributed by atoms with Gasteiger partial charge in [0.25, 0.3) is 5.91 Å². The van der Waals surface area contributed by atoms with E-state index in [-0.39, 0.29) is 17.5 Å². The van der Waals surface area contributed by atoms with E-state index in [1.54, 1.807) is 54.6 Å². The minimum atomic E-state index is -0.298. The number of rotatable bonds is 6. The van der Waals surface area contributed by atoms with E-state index < -0.39 is 0 Å². The monoisotopic (exact) mass is 373 g/mol. The van der Waals surface area contributed by atoms with Gasteiger partial charge in [-0.3, -0.25) is 14.4 Å². The van der Waals surface area contributed by atoms with Crippen molar-refractivity contribution < 1.29 is 14.4 Å². The maximum Gasteiger partial charge on any atom is 0.257 e. The number of carbonyl (C=O) groups excluding carboxylic acids is 3. The van der Waals surface area contributed by atoms with E-state index in [1.165, 1.54) is 20.0 Å². The van der Waals surface area contributed by atoms with Crippen LogP contribution in [-0.2, 0) is 0 Å². The van der Waals surface area contributed by atoms with Crippen LogP contribution >= 0.6 is 0 Å². The van der Waals surface area contributed by atoms with E-state index in [4.69, 9.17) is 0 Å². The average molecular weight is 373 g/mol. The lowest BCUT2D eigenvalue weighted by atomic mass is 10.1. The fourth-order valence-electron chi connectivity index (χ4n) is 2.56. The summed E-state index contributed by atoms with van der Waals surface area (Å²) < 4.78 is 0. The van der Waals surface area contributed by atoms with Gasteiger partial charge in [-0.05, 0) is 62.4 Å². The van der Waals surface area contributed by atoms with E-state index in [9.17, 15) is 14.4 Å². The van der Waals surface area contributed by atoms with Crippen LogP contribution < -0.4 is 10.6 Å². The molecule has 28 heavy (non-hydrogen) atoms. The van der Waals surface area contributed by atoms with Crippen LogP contribution in [0.2, 0.25) is 0 Å². The molecule has 1 aromatic heterocycles. The van der Waals surface area contributed by atoms with Crippen LogP contribution in [0.15, 0.2) is 66.9 Å². The summed E-state index contributed by atoms with van der Waals surface area (Å²) in [5.74, 6) is 0.218. The Hall–Kier alpha value is -3.80. The molecular formula is C22H19N3O3. The molecule has 0 bridgehead atoms. The summed E-state index contributed by atoms with van der Waals surface area (Å²) in [4.78, 5) is 39.4. The summed E-state index contributed by atoms with van der Waals surface area (Å²) in [5, 5.41) is 5.87. The third kappa shape index (κ3) is 4.67. The maximum atomic E-state index is 12.3. The number of nitrogens with zero attached hydrogens (tertiary/aromatic N) is 1.